The summed E-state index contributed by atoms with van der Waals surface area (Å²) in [6.45, 7) is 0. The van der Waals surface area contributed by atoms with Crippen LogP contribution in [0.5, 0.6) is 0 Å². The fourth-order valence-corrected chi connectivity index (χ4v) is 1.64. The van der Waals surface area contributed by atoms with Gasteiger partial charge >= 0.3 is 0 Å². The summed E-state index contributed by atoms with van der Waals surface area (Å²) >= 11 is 3.41. The van der Waals surface area contributed by atoms with Crippen molar-refractivity contribution in [2.45, 2.75) is 0 Å². The molecule has 0 amide bonds. The van der Waals surface area contributed by atoms with E-state index in [0.717, 1.165) is 15.6 Å². The minimum absolute atomic E-state index is 0.450. The largest absolute Gasteiger partial charge is 0.382 e. The van der Waals surface area contributed by atoms with E-state index < -0.39 is 0 Å². The Morgan fingerprint density at radius 3 is 2.79 bits per heavy atom. The molecule has 0 fully saturated rings. The summed E-state index contributed by atoms with van der Waals surface area (Å²) in [5.74, 6) is 0.450. The van der Waals surface area contributed by atoms with Gasteiger partial charge in [-0.25, -0.2) is 0 Å². The van der Waals surface area contributed by atoms with Crippen molar-refractivity contribution in [2.24, 2.45) is 0 Å². The van der Waals surface area contributed by atoms with E-state index in [4.69, 9.17) is 5.73 Å². The van der Waals surface area contributed by atoms with E-state index in [2.05, 4.69) is 26.1 Å². The third kappa shape index (κ3) is 1.75. The second-order valence-corrected chi connectivity index (χ2v) is 3.76. The number of nitrogens with zero attached hydrogens (tertiary/aromatic N) is 2. The van der Waals surface area contributed by atoms with Crippen molar-refractivity contribution < 1.29 is 0 Å². The standard InChI is InChI=1S/C10H8BrN3/c11-8-3-1-2-7(6-8)9-4-5-13-14-10(9)12/h1-6H,(H2,12,14). The Kier molecular flexibility index (Phi) is 2.45. The van der Waals surface area contributed by atoms with Crippen molar-refractivity contribution >= 4 is 21.7 Å². The van der Waals surface area contributed by atoms with Crippen LogP contribution in [0.4, 0.5) is 5.82 Å². The number of nitrogens with two attached hydrogens (primary N) is 1. The molecular weight excluding hydrogens is 242 g/mol. The highest BCUT2D eigenvalue weighted by Gasteiger charge is 2.02. The lowest BCUT2D eigenvalue weighted by atomic mass is 10.1. The zero-order valence-corrected chi connectivity index (χ0v) is 8.90. The van der Waals surface area contributed by atoms with Gasteiger partial charge < -0.3 is 5.73 Å². The number of aromatic nitrogens is 2. The van der Waals surface area contributed by atoms with Crippen LogP contribution in [0, 0.1) is 0 Å². The van der Waals surface area contributed by atoms with E-state index in [9.17, 15) is 0 Å². The average molecular weight is 250 g/mol. The van der Waals surface area contributed by atoms with Crippen molar-refractivity contribution in [3.8, 4) is 11.1 Å². The van der Waals surface area contributed by atoms with Crippen molar-refractivity contribution in [3.63, 3.8) is 0 Å². The maximum atomic E-state index is 5.71. The Morgan fingerprint density at radius 2 is 2.07 bits per heavy atom. The van der Waals surface area contributed by atoms with E-state index in [1.807, 2.05) is 30.3 Å². The highest BCUT2D eigenvalue weighted by Crippen LogP contribution is 2.25. The number of halogens is 1. The molecule has 0 saturated heterocycles. The van der Waals surface area contributed by atoms with Crippen LogP contribution in [0.15, 0.2) is 41.0 Å². The fraction of sp³-hybridized carbons (Fsp3) is 0. The van der Waals surface area contributed by atoms with Crippen LogP contribution in [0.25, 0.3) is 11.1 Å². The van der Waals surface area contributed by atoms with Gasteiger partial charge in [0.25, 0.3) is 0 Å². The number of anilines is 1. The summed E-state index contributed by atoms with van der Waals surface area (Å²) in [6.07, 6.45) is 1.63. The van der Waals surface area contributed by atoms with Crippen LogP contribution in [0.3, 0.4) is 0 Å². The van der Waals surface area contributed by atoms with Gasteiger partial charge in [-0.3, -0.25) is 0 Å². The molecule has 0 atom stereocenters. The van der Waals surface area contributed by atoms with Crippen molar-refractivity contribution in [1.82, 2.24) is 10.2 Å². The fourth-order valence-electron chi connectivity index (χ4n) is 1.24. The summed E-state index contributed by atoms with van der Waals surface area (Å²) in [4.78, 5) is 0. The summed E-state index contributed by atoms with van der Waals surface area (Å²) in [7, 11) is 0. The molecule has 0 unspecified atom stereocenters. The first-order chi connectivity index (χ1) is 6.77. The van der Waals surface area contributed by atoms with Gasteiger partial charge in [0.15, 0.2) is 5.82 Å². The van der Waals surface area contributed by atoms with Crippen LogP contribution in [0.1, 0.15) is 0 Å². The van der Waals surface area contributed by atoms with E-state index >= 15 is 0 Å². The molecule has 14 heavy (non-hydrogen) atoms. The normalized spacial score (nSPS) is 10.1. The van der Waals surface area contributed by atoms with E-state index in [1.165, 1.54) is 0 Å². The lowest BCUT2D eigenvalue weighted by Gasteiger charge is -2.03. The van der Waals surface area contributed by atoms with Gasteiger partial charge in [-0.2, -0.15) is 5.10 Å². The van der Waals surface area contributed by atoms with Gasteiger partial charge in [-0.15, -0.1) is 5.10 Å². The molecule has 0 radical (unpaired) electrons. The Balaban J connectivity index is 2.55. The van der Waals surface area contributed by atoms with Gasteiger partial charge in [0.05, 0.1) is 6.20 Å². The molecule has 2 N–H and O–H groups in total. The molecular formula is C10H8BrN3. The maximum Gasteiger partial charge on any atom is 0.153 e. The van der Waals surface area contributed by atoms with Gasteiger partial charge in [-0.05, 0) is 23.8 Å². The first-order valence-corrected chi connectivity index (χ1v) is 4.90. The SMILES string of the molecule is Nc1nnccc1-c1cccc(Br)c1. The average Bonchev–Trinajstić information content (AvgIpc) is 2.18. The Labute approximate surface area is 90.1 Å². The molecule has 70 valence electrons. The maximum absolute atomic E-state index is 5.71. The van der Waals surface area contributed by atoms with Crippen LogP contribution in [-0.4, -0.2) is 10.2 Å². The lowest BCUT2D eigenvalue weighted by molar-refractivity contribution is 1.04. The molecule has 3 nitrogen and oxygen atoms in total. The minimum Gasteiger partial charge on any atom is -0.382 e. The number of hydrogen-bond acceptors (Lipinski definition) is 3. The lowest BCUT2D eigenvalue weighted by Crippen LogP contribution is -1.95. The van der Waals surface area contributed by atoms with Crippen LogP contribution in [-0.2, 0) is 0 Å². The van der Waals surface area contributed by atoms with E-state index in [1.54, 1.807) is 6.20 Å². The Hall–Kier alpha value is -1.42. The van der Waals surface area contributed by atoms with E-state index in [-0.39, 0.29) is 0 Å². The first kappa shape index (κ1) is 9.15. The molecule has 0 aliphatic heterocycles. The summed E-state index contributed by atoms with van der Waals surface area (Å²) in [5, 5.41) is 7.50. The first-order valence-electron chi connectivity index (χ1n) is 4.10. The molecule has 0 saturated carbocycles. The predicted octanol–water partition coefficient (Wildman–Crippen LogP) is 2.49. The number of rotatable bonds is 1. The highest BCUT2D eigenvalue weighted by molar-refractivity contribution is 9.10. The zero-order valence-electron chi connectivity index (χ0n) is 7.31. The molecule has 2 rings (SSSR count). The second kappa shape index (κ2) is 3.75. The zero-order chi connectivity index (χ0) is 9.97. The molecule has 1 aromatic carbocycles. The number of hydrogen-bond donors (Lipinski definition) is 1. The van der Waals surface area contributed by atoms with Gasteiger partial charge in [-0.1, -0.05) is 28.1 Å². The quantitative estimate of drug-likeness (QED) is 0.845. The van der Waals surface area contributed by atoms with Crippen molar-refractivity contribution in [1.29, 1.82) is 0 Å². The third-order valence-corrected chi connectivity index (χ3v) is 2.38. The minimum atomic E-state index is 0.450. The molecule has 0 spiro atoms. The summed E-state index contributed by atoms with van der Waals surface area (Å²) in [5.41, 5.74) is 7.65. The van der Waals surface area contributed by atoms with Crippen LogP contribution >= 0.6 is 15.9 Å². The predicted molar refractivity (Wildman–Crippen MR) is 59.6 cm³/mol. The van der Waals surface area contributed by atoms with Crippen LogP contribution in [0.2, 0.25) is 0 Å². The van der Waals surface area contributed by atoms with Crippen molar-refractivity contribution in [2.75, 3.05) is 5.73 Å². The number of nitrogen functional groups attached to an aromatic ring is 1. The topological polar surface area (TPSA) is 51.8 Å². The van der Waals surface area contributed by atoms with Gasteiger partial charge in [0.2, 0.25) is 0 Å². The summed E-state index contributed by atoms with van der Waals surface area (Å²) < 4.78 is 1.02. The van der Waals surface area contributed by atoms with Crippen LogP contribution < -0.4 is 5.73 Å². The second-order valence-electron chi connectivity index (χ2n) is 2.84. The molecule has 0 aliphatic rings. The summed E-state index contributed by atoms with van der Waals surface area (Å²) in [6, 6.07) is 9.75. The van der Waals surface area contributed by atoms with Crippen molar-refractivity contribution in [3.05, 3.63) is 41.0 Å². The smallest absolute Gasteiger partial charge is 0.153 e. The Morgan fingerprint density at radius 1 is 1.21 bits per heavy atom. The molecule has 2 aromatic rings. The number of benzene rings is 1. The highest BCUT2D eigenvalue weighted by atomic mass is 79.9. The third-order valence-electron chi connectivity index (χ3n) is 1.88. The molecule has 1 heterocycles. The molecule has 0 aliphatic carbocycles. The van der Waals surface area contributed by atoms with Gasteiger partial charge in [0.1, 0.15) is 0 Å². The molecule has 1 aromatic heterocycles. The van der Waals surface area contributed by atoms with E-state index in [0.29, 0.717) is 5.82 Å². The van der Waals surface area contributed by atoms with Gasteiger partial charge in [0, 0.05) is 10.0 Å². The molecule has 4 heteroatoms. The Bertz CT molecular complexity index is 457. The monoisotopic (exact) mass is 249 g/mol. The molecule has 0 bridgehead atoms.